The van der Waals surface area contributed by atoms with Gasteiger partial charge in [0.05, 0.1) is 5.60 Å². The number of benzene rings is 1. The summed E-state index contributed by atoms with van der Waals surface area (Å²) in [6, 6.07) is 8.61. The summed E-state index contributed by atoms with van der Waals surface area (Å²) >= 11 is 0. The zero-order valence-corrected chi connectivity index (χ0v) is 14.7. The molecule has 1 aliphatic heterocycles. The van der Waals surface area contributed by atoms with Crippen LogP contribution < -0.4 is 10.6 Å². The molecule has 0 radical (unpaired) electrons. The molecule has 5 nitrogen and oxygen atoms in total. The summed E-state index contributed by atoms with van der Waals surface area (Å²) < 4.78 is 5.26. The molecule has 1 spiro atoms. The Balaban J connectivity index is 1.27. The Kier molecular flexibility index (Phi) is 4.46. The number of urea groups is 1. The van der Waals surface area contributed by atoms with E-state index in [1.807, 2.05) is 0 Å². The molecule has 3 N–H and O–H groups in total. The van der Waals surface area contributed by atoms with Crippen LogP contribution in [0.4, 0.5) is 4.79 Å². The third kappa shape index (κ3) is 3.40. The minimum absolute atomic E-state index is 0.175. The highest BCUT2D eigenvalue weighted by molar-refractivity contribution is 5.74. The van der Waals surface area contributed by atoms with Crippen LogP contribution in [-0.2, 0) is 16.6 Å². The number of aryl methyl sites for hydroxylation is 1. The van der Waals surface area contributed by atoms with Gasteiger partial charge in [0.15, 0.2) is 0 Å². The van der Waals surface area contributed by atoms with Gasteiger partial charge in [0.25, 0.3) is 0 Å². The molecule has 2 atom stereocenters. The molecule has 0 aromatic heterocycles. The largest absolute Gasteiger partial charge is 0.388 e. The van der Waals surface area contributed by atoms with Gasteiger partial charge in [-0.3, -0.25) is 0 Å². The van der Waals surface area contributed by atoms with Crippen molar-refractivity contribution in [3.05, 3.63) is 35.4 Å². The number of fused-ring (bicyclic) bond motifs is 2. The van der Waals surface area contributed by atoms with Crippen molar-refractivity contribution >= 4 is 6.03 Å². The van der Waals surface area contributed by atoms with E-state index < -0.39 is 5.60 Å². The van der Waals surface area contributed by atoms with E-state index in [0.717, 1.165) is 0 Å². The fourth-order valence-electron chi connectivity index (χ4n) is 4.69. The van der Waals surface area contributed by atoms with Crippen LogP contribution >= 0.6 is 0 Å². The van der Waals surface area contributed by atoms with Gasteiger partial charge in [-0.15, -0.1) is 0 Å². The number of hydrogen-bond donors (Lipinski definition) is 3. The third-order valence-corrected chi connectivity index (χ3v) is 6.37. The van der Waals surface area contributed by atoms with E-state index in [9.17, 15) is 9.90 Å². The van der Waals surface area contributed by atoms with Crippen molar-refractivity contribution in [1.82, 2.24) is 10.6 Å². The van der Waals surface area contributed by atoms with E-state index in [0.29, 0.717) is 50.5 Å². The lowest BCUT2D eigenvalue weighted by atomic mass is 9.78. The number of ether oxygens (including phenoxy) is 1. The summed E-state index contributed by atoms with van der Waals surface area (Å²) in [5.74, 6) is 0.533. The van der Waals surface area contributed by atoms with Crippen LogP contribution in [0, 0.1) is 5.92 Å². The van der Waals surface area contributed by atoms with Gasteiger partial charge >= 0.3 is 6.03 Å². The Morgan fingerprint density at radius 3 is 2.84 bits per heavy atom. The first-order chi connectivity index (χ1) is 12.1. The normalized spacial score (nSPS) is 29.7. The molecule has 3 aliphatic rings. The first-order valence-electron chi connectivity index (χ1n) is 9.52. The fourth-order valence-corrected chi connectivity index (χ4v) is 4.69. The zero-order valence-electron chi connectivity index (χ0n) is 14.7. The van der Waals surface area contributed by atoms with Crippen molar-refractivity contribution in [3.8, 4) is 0 Å². The molecule has 5 heteroatoms. The molecular formula is C20H28N2O3. The Labute approximate surface area is 149 Å². The molecule has 2 unspecified atom stereocenters. The van der Waals surface area contributed by atoms with Crippen LogP contribution in [0.15, 0.2) is 24.3 Å². The second-order valence-electron chi connectivity index (χ2n) is 7.97. The van der Waals surface area contributed by atoms with E-state index in [2.05, 4.69) is 34.9 Å². The summed E-state index contributed by atoms with van der Waals surface area (Å²) in [6.45, 7) is 2.12. The highest BCUT2D eigenvalue weighted by Gasteiger charge is 2.56. The number of hydrogen-bond acceptors (Lipinski definition) is 3. The molecule has 1 aromatic carbocycles. The van der Waals surface area contributed by atoms with Crippen LogP contribution in [0.25, 0.3) is 0 Å². The Hall–Kier alpha value is -1.59. The Morgan fingerprint density at radius 1 is 1.20 bits per heavy atom. The minimum atomic E-state index is -0.821. The molecule has 1 aromatic rings. The number of aliphatic hydroxyl groups is 1. The van der Waals surface area contributed by atoms with E-state index in [-0.39, 0.29) is 6.03 Å². The Morgan fingerprint density at radius 2 is 2.00 bits per heavy atom. The zero-order chi connectivity index (χ0) is 17.3. The maximum Gasteiger partial charge on any atom is 0.314 e. The molecule has 1 saturated carbocycles. The molecule has 4 rings (SSSR count). The first kappa shape index (κ1) is 16.9. The van der Waals surface area contributed by atoms with Gasteiger partial charge in [-0.25, -0.2) is 4.79 Å². The second-order valence-corrected chi connectivity index (χ2v) is 7.97. The van der Waals surface area contributed by atoms with E-state index >= 15 is 0 Å². The van der Waals surface area contributed by atoms with Crippen molar-refractivity contribution in [2.45, 2.75) is 49.5 Å². The van der Waals surface area contributed by atoms with Crippen LogP contribution in [0.3, 0.4) is 0 Å². The summed E-state index contributed by atoms with van der Waals surface area (Å²) in [6.07, 6.45) is 5.99. The molecule has 1 saturated heterocycles. The van der Waals surface area contributed by atoms with Crippen LogP contribution in [0.2, 0.25) is 0 Å². The van der Waals surface area contributed by atoms with Gasteiger partial charge in [0.1, 0.15) is 0 Å². The van der Waals surface area contributed by atoms with Gasteiger partial charge in [0.2, 0.25) is 0 Å². The van der Waals surface area contributed by atoms with Gasteiger partial charge in [0, 0.05) is 44.6 Å². The summed E-state index contributed by atoms with van der Waals surface area (Å²) in [4.78, 5) is 12.1. The number of rotatable bonds is 4. The van der Waals surface area contributed by atoms with Gasteiger partial charge in [-0.05, 0) is 42.7 Å². The van der Waals surface area contributed by atoms with Gasteiger partial charge in [-0.1, -0.05) is 24.3 Å². The van der Waals surface area contributed by atoms with Crippen molar-refractivity contribution in [2.24, 2.45) is 5.92 Å². The maximum atomic E-state index is 12.1. The second kappa shape index (κ2) is 6.61. The van der Waals surface area contributed by atoms with Crippen molar-refractivity contribution in [1.29, 1.82) is 0 Å². The summed E-state index contributed by atoms with van der Waals surface area (Å²) in [5, 5.41) is 16.2. The number of amides is 2. The molecule has 1 heterocycles. The molecular weight excluding hydrogens is 316 g/mol. The van der Waals surface area contributed by atoms with Crippen molar-refractivity contribution in [3.63, 3.8) is 0 Å². The molecule has 2 fully saturated rings. The average molecular weight is 344 g/mol. The number of nitrogens with one attached hydrogen (secondary N) is 2. The molecule has 25 heavy (non-hydrogen) atoms. The summed E-state index contributed by atoms with van der Waals surface area (Å²) in [5.41, 5.74) is 2.46. The lowest BCUT2D eigenvalue weighted by molar-refractivity contribution is -0.0600. The smallest absolute Gasteiger partial charge is 0.314 e. The fraction of sp³-hybridized carbons (Fsp3) is 0.650. The monoisotopic (exact) mass is 344 g/mol. The van der Waals surface area contributed by atoms with E-state index in [1.165, 1.54) is 36.8 Å². The lowest BCUT2D eigenvalue weighted by Gasteiger charge is -2.32. The van der Waals surface area contributed by atoms with Gasteiger partial charge < -0.3 is 20.5 Å². The molecule has 0 bridgehead atoms. The standard InChI is InChI=1S/C20H28N2O3/c23-18(22-14-19(24)8-10-25-11-9-19)21-13-16-12-20(16)7-3-5-15-4-1-2-6-17(15)20/h1-2,4,6,16,24H,3,5,7-14H2,(H2,21,22,23). The van der Waals surface area contributed by atoms with Crippen molar-refractivity contribution in [2.75, 3.05) is 26.3 Å². The Bertz CT molecular complexity index is 642. The number of carbonyl (C=O) groups is 1. The predicted molar refractivity (Wildman–Crippen MR) is 95.6 cm³/mol. The third-order valence-electron chi connectivity index (χ3n) is 6.37. The first-order valence-corrected chi connectivity index (χ1v) is 9.52. The average Bonchev–Trinajstić information content (AvgIpc) is 3.32. The van der Waals surface area contributed by atoms with Gasteiger partial charge in [-0.2, -0.15) is 0 Å². The minimum Gasteiger partial charge on any atom is -0.388 e. The molecule has 2 amide bonds. The predicted octanol–water partition coefficient (Wildman–Crippen LogP) is 2.12. The SMILES string of the molecule is O=C(NCC1CC12CCCc1ccccc12)NCC1(O)CCOCC1. The van der Waals surface area contributed by atoms with Crippen LogP contribution in [0.5, 0.6) is 0 Å². The summed E-state index contributed by atoms with van der Waals surface area (Å²) in [7, 11) is 0. The van der Waals surface area contributed by atoms with Crippen LogP contribution in [0.1, 0.15) is 43.2 Å². The maximum absolute atomic E-state index is 12.1. The van der Waals surface area contributed by atoms with Crippen molar-refractivity contribution < 1.29 is 14.6 Å². The molecule has 136 valence electrons. The molecule has 2 aliphatic carbocycles. The lowest BCUT2D eigenvalue weighted by Crippen LogP contribution is -2.49. The van der Waals surface area contributed by atoms with Crippen LogP contribution in [-0.4, -0.2) is 43.0 Å². The topological polar surface area (TPSA) is 70.6 Å². The van der Waals surface area contributed by atoms with E-state index in [4.69, 9.17) is 4.74 Å². The van der Waals surface area contributed by atoms with E-state index in [1.54, 1.807) is 0 Å². The quantitative estimate of drug-likeness (QED) is 0.783. The highest BCUT2D eigenvalue weighted by Crippen LogP contribution is 2.59. The number of carbonyl (C=O) groups excluding carboxylic acids is 1. The highest BCUT2D eigenvalue weighted by atomic mass is 16.5.